The average Bonchev–Trinajstić information content (AvgIpc) is 2.83. The molecule has 0 spiro atoms. The second-order valence-electron chi connectivity index (χ2n) is 10.8. The van der Waals surface area contributed by atoms with Crippen molar-refractivity contribution in [3.8, 4) is 22.6 Å². The number of aromatic hydroxyl groups is 1. The lowest BCUT2D eigenvalue weighted by Gasteiger charge is -2.57. The van der Waals surface area contributed by atoms with Crippen LogP contribution in [0.5, 0.6) is 11.5 Å². The van der Waals surface area contributed by atoms with E-state index in [9.17, 15) is 9.90 Å². The smallest absolute Gasteiger partial charge is 0.330 e. The molecule has 0 atom stereocenters. The van der Waals surface area contributed by atoms with Gasteiger partial charge in [-0.05, 0) is 117 Å². The Morgan fingerprint density at radius 1 is 1.09 bits per heavy atom. The summed E-state index contributed by atoms with van der Waals surface area (Å²) in [4.78, 5) is 11.8. The van der Waals surface area contributed by atoms with Gasteiger partial charge in [0.1, 0.15) is 11.5 Å². The second kappa shape index (κ2) is 10.1. The van der Waals surface area contributed by atoms with Crippen LogP contribution in [0.2, 0.25) is 0 Å². The molecule has 0 aromatic heterocycles. The molecule has 2 aromatic rings. The highest BCUT2D eigenvalue weighted by atomic mass is 16.5. The molecule has 4 fully saturated rings. The lowest BCUT2D eigenvalue weighted by molar-refractivity contribution is -0.137. The Bertz CT molecular complexity index is 1070. The van der Waals surface area contributed by atoms with Crippen molar-refractivity contribution in [1.29, 1.82) is 0 Å². The zero-order valence-electron chi connectivity index (χ0n) is 20.7. The zero-order chi connectivity index (χ0) is 24.4. The van der Waals surface area contributed by atoms with Crippen LogP contribution in [0.15, 0.2) is 42.5 Å². The number of phenols is 1. The van der Waals surface area contributed by atoms with Gasteiger partial charge in [0.2, 0.25) is 0 Å². The molecule has 0 heterocycles. The summed E-state index contributed by atoms with van der Waals surface area (Å²) < 4.78 is 11.2. The van der Waals surface area contributed by atoms with Crippen molar-refractivity contribution in [2.75, 3.05) is 19.8 Å². The van der Waals surface area contributed by atoms with Gasteiger partial charge in [0.25, 0.3) is 0 Å². The number of nitrogens with two attached hydrogens (primary N) is 1. The molecule has 6 rings (SSSR count). The molecule has 0 unspecified atom stereocenters. The van der Waals surface area contributed by atoms with Crippen molar-refractivity contribution in [2.24, 2.45) is 23.5 Å². The largest absolute Gasteiger partial charge is 0.508 e. The van der Waals surface area contributed by atoms with Crippen LogP contribution < -0.4 is 10.5 Å². The quantitative estimate of drug-likeness (QED) is 0.271. The molecular formula is C30H37NO4. The van der Waals surface area contributed by atoms with Crippen LogP contribution in [0.3, 0.4) is 0 Å². The summed E-state index contributed by atoms with van der Waals surface area (Å²) in [5.41, 5.74) is 9.82. The lowest BCUT2D eigenvalue weighted by Crippen LogP contribution is -2.48. The SMILES string of the molecule is CCOC(=O)C=Cc1ccc(-c2ccc(O)c(C34CC5CC(CC(C5)C3)C4)c2)c(OCCCN)c1. The first-order chi connectivity index (χ1) is 17.0. The van der Waals surface area contributed by atoms with Crippen molar-refractivity contribution in [2.45, 2.75) is 57.3 Å². The Balaban J connectivity index is 1.48. The summed E-state index contributed by atoms with van der Waals surface area (Å²) in [6.07, 6.45) is 11.7. The van der Waals surface area contributed by atoms with Crippen molar-refractivity contribution in [3.63, 3.8) is 0 Å². The number of carbonyl (C=O) groups excluding carboxylic acids is 1. The van der Waals surface area contributed by atoms with E-state index in [-0.39, 0.29) is 11.4 Å². The number of phenolic OH excluding ortho intramolecular Hbond substituents is 1. The van der Waals surface area contributed by atoms with Gasteiger partial charge in [-0.3, -0.25) is 0 Å². The number of carbonyl (C=O) groups is 1. The van der Waals surface area contributed by atoms with Gasteiger partial charge in [-0.2, -0.15) is 0 Å². The summed E-state index contributed by atoms with van der Waals surface area (Å²) in [5.74, 6) is 3.25. The molecule has 4 aliphatic rings. The molecule has 4 saturated carbocycles. The third kappa shape index (κ3) is 4.97. The summed E-state index contributed by atoms with van der Waals surface area (Å²) >= 11 is 0. The topological polar surface area (TPSA) is 81.8 Å². The van der Waals surface area contributed by atoms with Crippen LogP contribution in [0.4, 0.5) is 0 Å². The maximum atomic E-state index is 11.8. The van der Waals surface area contributed by atoms with E-state index in [0.29, 0.717) is 25.5 Å². The maximum absolute atomic E-state index is 11.8. The highest BCUT2D eigenvalue weighted by molar-refractivity contribution is 5.87. The number of hydrogen-bond acceptors (Lipinski definition) is 5. The van der Waals surface area contributed by atoms with Crippen LogP contribution in [-0.2, 0) is 14.9 Å². The average molecular weight is 476 g/mol. The van der Waals surface area contributed by atoms with E-state index in [0.717, 1.165) is 52.2 Å². The molecule has 186 valence electrons. The third-order valence-electron chi connectivity index (χ3n) is 8.23. The predicted molar refractivity (Wildman–Crippen MR) is 138 cm³/mol. The highest BCUT2D eigenvalue weighted by Gasteiger charge is 2.52. The van der Waals surface area contributed by atoms with Gasteiger partial charge >= 0.3 is 5.97 Å². The Kier molecular flexibility index (Phi) is 6.88. The van der Waals surface area contributed by atoms with Crippen molar-refractivity contribution in [3.05, 3.63) is 53.6 Å². The van der Waals surface area contributed by atoms with Crippen LogP contribution in [0.1, 0.15) is 63.0 Å². The molecule has 5 heteroatoms. The van der Waals surface area contributed by atoms with Gasteiger partial charge in [-0.25, -0.2) is 4.79 Å². The highest BCUT2D eigenvalue weighted by Crippen LogP contribution is 2.62. The van der Waals surface area contributed by atoms with Crippen LogP contribution in [0.25, 0.3) is 17.2 Å². The maximum Gasteiger partial charge on any atom is 0.330 e. The number of ether oxygens (including phenoxy) is 2. The first-order valence-electron chi connectivity index (χ1n) is 13.2. The summed E-state index contributed by atoms with van der Waals surface area (Å²) in [5, 5.41) is 11.0. The number of hydrogen-bond donors (Lipinski definition) is 2. The second-order valence-corrected chi connectivity index (χ2v) is 10.8. The molecule has 4 bridgehead atoms. The van der Waals surface area contributed by atoms with E-state index < -0.39 is 0 Å². The molecule has 35 heavy (non-hydrogen) atoms. The van der Waals surface area contributed by atoms with Crippen LogP contribution in [0, 0.1) is 17.8 Å². The first kappa shape index (κ1) is 23.9. The van der Waals surface area contributed by atoms with E-state index in [1.54, 1.807) is 13.0 Å². The minimum atomic E-state index is -0.360. The Morgan fingerprint density at radius 3 is 2.46 bits per heavy atom. The number of rotatable bonds is 9. The third-order valence-corrected chi connectivity index (χ3v) is 8.23. The van der Waals surface area contributed by atoms with Crippen molar-refractivity contribution >= 4 is 12.0 Å². The minimum Gasteiger partial charge on any atom is -0.508 e. The van der Waals surface area contributed by atoms with E-state index in [2.05, 4.69) is 6.07 Å². The van der Waals surface area contributed by atoms with E-state index >= 15 is 0 Å². The Hall–Kier alpha value is -2.79. The van der Waals surface area contributed by atoms with E-state index in [1.807, 2.05) is 30.3 Å². The first-order valence-corrected chi connectivity index (χ1v) is 13.2. The fourth-order valence-corrected chi connectivity index (χ4v) is 7.19. The summed E-state index contributed by atoms with van der Waals surface area (Å²) in [6, 6.07) is 12.0. The van der Waals surface area contributed by atoms with Crippen LogP contribution >= 0.6 is 0 Å². The van der Waals surface area contributed by atoms with Crippen LogP contribution in [-0.4, -0.2) is 30.8 Å². The standard InChI is InChI=1S/C30H37NO4/c1-2-34-29(33)9-5-20-4-7-25(28(15-20)35-11-3-10-31)24-6-8-27(32)26(16-24)30-17-21-12-22(18-30)14-23(13-21)19-30/h4-9,15-16,21-23,32H,2-3,10-14,17-19,31H2,1H3. The fraction of sp³-hybridized carbons (Fsp3) is 0.500. The molecular weight excluding hydrogens is 438 g/mol. The van der Waals surface area contributed by atoms with E-state index in [1.165, 1.54) is 44.6 Å². The molecule has 0 aliphatic heterocycles. The molecule has 2 aromatic carbocycles. The predicted octanol–water partition coefficient (Wildman–Crippen LogP) is 5.83. The Labute approximate surface area is 208 Å². The lowest BCUT2D eigenvalue weighted by atomic mass is 9.48. The monoisotopic (exact) mass is 475 g/mol. The molecule has 5 nitrogen and oxygen atoms in total. The fourth-order valence-electron chi connectivity index (χ4n) is 7.19. The zero-order valence-corrected chi connectivity index (χ0v) is 20.7. The Morgan fingerprint density at radius 2 is 1.80 bits per heavy atom. The van der Waals surface area contributed by atoms with Crippen molar-refractivity contribution < 1.29 is 19.4 Å². The van der Waals surface area contributed by atoms with Gasteiger partial charge < -0.3 is 20.3 Å². The minimum absolute atomic E-state index is 0.109. The van der Waals surface area contributed by atoms with Gasteiger partial charge in [-0.1, -0.05) is 18.2 Å². The molecule has 0 radical (unpaired) electrons. The normalized spacial score (nSPS) is 26.9. The van der Waals surface area contributed by atoms with Gasteiger partial charge in [-0.15, -0.1) is 0 Å². The van der Waals surface area contributed by atoms with Crippen molar-refractivity contribution in [1.82, 2.24) is 0 Å². The molecule has 3 N–H and O–H groups in total. The molecule has 0 saturated heterocycles. The summed E-state index contributed by atoms with van der Waals surface area (Å²) in [7, 11) is 0. The summed E-state index contributed by atoms with van der Waals surface area (Å²) in [6.45, 7) is 3.23. The molecule has 0 amide bonds. The van der Waals surface area contributed by atoms with Gasteiger partial charge in [0, 0.05) is 17.2 Å². The van der Waals surface area contributed by atoms with Gasteiger partial charge in [0.05, 0.1) is 13.2 Å². The molecule has 4 aliphatic carbocycles. The number of benzene rings is 2. The number of esters is 1. The van der Waals surface area contributed by atoms with E-state index in [4.69, 9.17) is 15.2 Å². The van der Waals surface area contributed by atoms with Gasteiger partial charge in [0.15, 0.2) is 0 Å².